The summed E-state index contributed by atoms with van der Waals surface area (Å²) in [7, 11) is 0. The van der Waals surface area contributed by atoms with Gasteiger partial charge < -0.3 is 15.0 Å². The van der Waals surface area contributed by atoms with Gasteiger partial charge in [0.15, 0.2) is 0 Å². The summed E-state index contributed by atoms with van der Waals surface area (Å²) in [6.45, 7) is 5.41. The molecule has 3 aromatic rings. The second-order valence-electron chi connectivity index (χ2n) is 7.33. The van der Waals surface area contributed by atoms with E-state index in [1.54, 1.807) is 0 Å². The fraction of sp³-hybridized carbons (Fsp3) is 0.240. The molecule has 29 heavy (non-hydrogen) atoms. The second kappa shape index (κ2) is 8.93. The highest BCUT2D eigenvalue weighted by molar-refractivity contribution is 5.95. The number of morpholine rings is 1. The van der Waals surface area contributed by atoms with Crippen molar-refractivity contribution in [3.05, 3.63) is 90.0 Å². The number of carbonyl (C=O) groups is 1. The Morgan fingerprint density at radius 2 is 1.48 bits per heavy atom. The van der Waals surface area contributed by atoms with Gasteiger partial charge in [0.2, 0.25) is 0 Å². The predicted molar refractivity (Wildman–Crippen MR) is 117 cm³/mol. The molecule has 0 bridgehead atoms. The zero-order chi connectivity index (χ0) is 20.1. The first kappa shape index (κ1) is 19.2. The Hall–Kier alpha value is -3.11. The highest BCUT2D eigenvalue weighted by Gasteiger charge is 2.14. The molecule has 0 saturated carbocycles. The van der Waals surface area contributed by atoms with Gasteiger partial charge in [0, 0.05) is 24.3 Å². The topological polar surface area (TPSA) is 41.6 Å². The van der Waals surface area contributed by atoms with E-state index in [1.165, 1.54) is 5.69 Å². The molecular weight excluding hydrogens is 360 g/mol. The minimum absolute atomic E-state index is 0.0601. The smallest absolute Gasteiger partial charge is 0.251 e. The Labute approximate surface area is 172 Å². The fourth-order valence-corrected chi connectivity index (χ4v) is 3.60. The number of carbonyl (C=O) groups excluding carboxylic acids is 1. The van der Waals surface area contributed by atoms with Crippen LogP contribution in [0.5, 0.6) is 0 Å². The Kier molecular flexibility index (Phi) is 5.92. The van der Waals surface area contributed by atoms with Crippen LogP contribution >= 0.6 is 0 Å². The highest BCUT2D eigenvalue weighted by Crippen LogP contribution is 2.22. The molecule has 1 atom stereocenters. The first-order valence-electron chi connectivity index (χ1n) is 10.1. The average Bonchev–Trinajstić information content (AvgIpc) is 2.80. The summed E-state index contributed by atoms with van der Waals surface area (Å²) in [4.78, 5) is 15.0. The van der Waals surface area contributed by atoms with Crippen molar-refractivity contribution < 1.29 is 9.53 Å². The van der Waals surface area contributed by atoms with Gasteiger partial charge in [0.25, 0.3) is 5.91 Å². The lowest BCUT2D eigenvalue weighted by atomic mass is 10.0. The van der Waals surface area contributed by atoms with Crippen LogP contribution in [0, 0.1) is 0 Å². The first-order valence-corrected chi connectivity index (χ1v) is 10.1. The molecule has 1 saturated heterocycles. The quantitative estimate of drug-likeness (QED) is 0.692. The van der Waals surface area contributed by atoms with E-state index in [1.807, 2.05) is 49.4 Å². The minimum Gasteiger partial charge on any atom is -0.378 e. The zero-order valence-electron chi connectivity index (χ0n) is 16.7. The molecule has 1 fully saturated rings. The van der Waals surface area contributed by atoms with Crippen LogP contribution in [0.25, 0.3) is 11.1 Å². The standard InChI is InChI=1S/C25H26N2O2/c1-19(20-11-13-24(14-12-20)27-15-17-29-18-16-27)26-25(28)23-9-7-22(8-10-23)21-5-3-2-4-6-21/h2-14,19H,15-18H2,1H3,(H,26,28). The van der Waals surface area contributed by atoms with Crippen molar-refractivity contribution in [1.29, 1.82) is 0 Å². The van der Waals surface area contributed by atoms with Crippen LogP contribution < -0.4 is 10.2 Å². The van der Waals surface area contributed by atoms with Crippen molar-refractivity contribution in [3.63, 3.8) is 0 Å². The molecule has 4 rings (SSSR count). The second-order valence-corrected chi connectivity index (χ2v) is 7.33. The van der Waals surface area contributed by atoms with Crippen LogP contribution in [-0.4, -0.2) is 32.2 Å². The summed E-state index contributed by atoms with van der Waals surface area (Å²) in [6.07, 6.45) is 0. The molecule has 4 heteroatoms. The number of hydrogen-bond donors (Lipinski definition) is 1. The van der Waals surface area contributed by atoms with Gasteiger partial charge in [-0.25, -0.2) is 0 Å². The Balaban J connectivity index is 1.38. The number of amides is 1. The van der Waals surface area contributed by atoms with Gasteiger partial charge in [-0.15, -0.1) is 0 Å². The van der Waals surface area contributed by atoms with E-state index in [-0.39, 0.29) is 11.9 Å². The van der Waals surface area contributed by atoms with E-state index in [0.29, 0.717) is 5.56 Å². The summed E-state index contributed by atoms with van der Waals surface area (Å²) < 4.78 is 5.41. The third-order valence-corrected chi connectivity index (χ3v) is 5.37. The minimum atomic E-state index is -0.0608. The summed E-state index contributed by atoms with van der Waals surface area (Å²) in [6, 6.07) is 26.3. The van der Waals surface area contributed by atoms with E-state index in [9.17, 15) is 4.79 Å². The average molecular weight is 386 g/mol. The van der Waals surface area contributed by atoms with E-state index >= 15 is 0 Å². The molecule has 1 aliphatic rings. The Morgan fingerprint density at radius 3 is 2.14 bits per heavy atom. The zero-order valence-corrected chi connectivity index (χ0v) is 16.7. The Bertz CT molecular complexity index is 931. The van der Waals surface area contributed by atoms with Gasteiger partial charge in [0.05, 0.1) is 19.3 Å². The molecule has 1 aliphatic heterocycles. The van der Waals surface area contributed by atoms with E-state index in [0.717, 1.165) is 43.0 Å². The number of rotatable bonds is 5. The van der Waals surface area contributed by atoms with Crippen LogP contribution in [0.1, 0.15) is 28.9 Å². The lowest BCUT2D eigenvalue weighted by Crippen LogP contribution is -2.36. The number of benzene rings is 3. The highest BCUT2D eigenvalue weighted by atomic mass is 16.5. The maximum atomic E-state index is 12.7. The van der Waals surface area contributed by atoms with E-state index < -0.39 is 0 Å². The SMILES string of the molecule is CC(NC(=O)c1ccc(-c2ccccc2)cc1)c1ccc(N2CCOCC2)cc1. The van der Waals surface area contributed by atoms with Crippen molar-refractivity contribution in [3.8, 4) is 11.1 Å². The van der Waals surface area contributed by atoms with Gasteiger partial charge in [-0.2, -0.15) is 0 Å². The first-order chi connectivity index (χ1) is 14.2. The summed E-state index contributed by atoms with van der Waals surface area (Å²) in [5.74, 6) is -0.0608. The summed E-state index contributed by atoms with van der Waals surface area (Å²) in [5, 5.41) is 3.10. The van der Waals surface area contributed by atoms with Gasteiger partial charge in [-0.05, 0) is 47.9 Å². The normalized spacial score (nSPS) is 15.0. The number of hydrogen-bond acceptors (Lipinski definition) is 3. The van der Waals surface area contributed by atoms with Crippen molar-refractivity contribution in [2.45, 2.75) is 13.0 Å². The van der Waals surface area contributed by atoms with E-state index in [2.05, 4.69) is 46.6 Å². The molecule has 1 amide bonds. The molecule has 148 valence electrons. The molecule has 0 aromatic heterocycles. The maximum absolute atomic E-state index is 12.7. The van der Waals surface area contributed by atoms with Gasteiger partial charge in [0.1, 0.15) is 0 Å². The monoisotopic (exact) mass is 386 g/mol. The maximum Gasteiger partial charge on any atom is 0.251 e. The molecular formula is C25H26N2O2. The van der Waals surface area contributed by atoms with E-state index in [4.69, 9.17) is 4.74 Å². The number of nitrogens with zero attached hydrogens (tertiary/aromatic N) is 1. The van der Waals surface area contributed by atoms with Gasteiger partial charge >= 0.3 is 0 Å². The number of ether oxygens (including phenoxy) is 1. The Morgan fingerprint density at radius 1 is 0.862 bits per heavy atom. The molecule has 0 radical (unpaired) electrons. The van der Waals surface area contributed by atoms with Crippen LogP contribution in [-0.2, 0) is 4.74 Å². The molecule has 1 unspecified atom stereocenters. The number of nitrogens with one attached hydrogen (secondary N) is 1. The summed E-state index contributed by atoms with van der Waals surface area (Å²) in [5.41, 5.74) is 5.21. The lowest BCUT2D eigenvalue weighted by Gasteiger charge is -2.29. The van der Waals surface area contributed by atoms with Crippen LogP contribution in [0.2, 0.25) is 0 Å². The fourth-order valence-electron chi connectivity index (χ4n) is 3.60. The van der Waals surface area contributed by atoms with Crippen LogP contribution in [0.15, 0.2) is 78.9 Å². The third kappa shape index (κ3) is 4.66. The molecule has 0 aliphatic carbocycles. The largest absolute Gasteiger partial charge is 0.378 e. The molecule has 3 aromatic carbocycles. The van der Waals surface area contributed by atoms with Crippen LogP contribution in [0.4, 0.5) is 5.69 Å². The third-order valence-electron chi connectivity index (χ3n) is 5.37. The van der Waals surface area contributed by atoms with Gasteiger partial charge in [-0.3, -0.25) is 4.79 Å². The molecule has 0 spiro atoms. The summed E-state index contributed by atoms with van der Waals surface area (Å²) >= 11 is 0. The van der Waals surface area contributed by atoms with Crippen molar-refractivity contribution in [2.24, 2.45) is 0 Å². The van der Waals surface area contributed by atoms with Gasteiger partial charge in [-0.1, -0.05) is 54.6 Å². The van der Waals surface area contributed by atoms with Crippen molar-refractivity contribution >= 4 is 11.6 Å². The lowest BCUT2D eigenvalue weighted by molar-refractivity contribution is 0.0940. The van der Waals surface area contributed by atoms with Crippen LogP contribution in [0.3, 0.4) is 0 Å². The van der Waals surface area contributed by atoms with Crippen molar-refractivity contribution in [2.75, 3.05) is 31.2 Å². The molecule has 4 nitrogen and oxygen atoms in total. The number of anilines is 1. The molecule has 1 heterocycles. The van der Waals surface area contributed by atoms with Crippen molar-refractivity contribution in [1.82, 2.24) is 5.32 Å². The predicted octanol–water partition coefficient (Wildman–Crippen LogP) is 4.68. The molecule has 1 N–H and O–H groups in total.